The Labute approximate surface area is 128 Å². The molecule has 4 rings (SSSR count). The van der Waals surface area contributed by atoms with Crippen molar-refractivity contribution < 1.29 is 0 Å². The smallest absolute Gasteiger partial charge is 0.0560 e. The van der Waals surface area contributed by atoms with Crippen LogP contribution in [0.4, 0.5) is 0 Å². The first-order chi connectivity index (χ1) is 10.3. The molecule has 1 aromatic carbocycles. The SMILES string of the molecule is CC1(c2ccccc2)CNC(C2CC2)CN1C1CCCC1. The van der Waals surface area contributed by atoms with Crippen LogP contribution in [-0.2, 0) is 5.54 Å². The molecule has 1 aliphatic heterocycles. The molecular formula is C19H28N2. The van der Waals surface area contributed by atoms with Crippen LogP contribution in [0.3, 0.4) is 0 Å². The van der Waals surface area contributed by atoms with E-state index in [1.165, 1.54) is 50.6 Å². The number of hydrogen-bond donors (Lipinski definition) is 1. The van der Waals surface area contributed by atoms with E-state index in [9.17, 15) is 0 Å². The fourth-order valence-electron chi connectivity index (χ4n) is 4.56. The van der Waals surface area contributed by atoms with Crippen LogP contribution in [0.15, 0.2) is 30.3 Å². The number of nitrogens with zero attached hydrogens (tertiary/aromatic N) is 1. The second kappa shape index (κ2) is 5.40. The number of benzene rings is 1. The first-order valence-corrected chi connectivity index (χ1v) is 8.83. The van der Waals surface area contributed by atoms with Crippen LogP contribution in [-0.4, -0.2) is 30.1 Å². The van der Waals surface area contributed by atoms with Crippen LogP contribution in [0.25, 0.3) is 0 Å². The molecule has 3 fully saturated rings. The summed E-state index contributed by atoms with van der Waals surface area (Å²) < 4.78 is 0. The summed E-state index contributed by atoms with van der Waals surface area (Å²) >= 11 is 0. The van der Waals surface area contributed by atoms with Gasteiger partial charge in [-0.2, -0.15) is 0 Å². The highest BCUT2D eigenvalue weighted by Crippen LogP contribution is 2.41. The van der Waals surface area contributed by atoms with E-state index in [0.717, 1.165) is 24.5 Å². The van der Waals surface area contributed by atoms with Crippen LogP contribution in [0.2, 0.25) is 0 Å². The summed E-state index contributed by atoms with van der Waals surface area (Å²) in [5.74, 6) is 0.953. The zero-order chi connectivity index (χ0) is 14.3. The van der Waals surface area contributed by atoms with Gasteiger partial charge in [0.15, 0.2) is 0 Å². The van der Waals surface area contributed by atoms with E-state index in [-0.39, 0.29) is 5.54 Å². The summed E-state index contributed by atoms with van der Waals surface area (Å²) in [5, 5.41) is 3.88. The molecule has 2 saturated carbocycles. The second-order valence-electron chi connectivity index (χ2n) is 7.56. The lowest BCUT2D eigenvalue weighted by Gasteiger charge is -2.51. The Morgan fingerprint density at radius 2 is 1.76 bits per heavy atom. The van der Waals surface area contributed by atoms with E-state index >= 15 is 0 Å². The Morgan fingerprint density at radius 1 is 1.05 bits per heavy atom. The maximum Gasteiger partial charge on any atom is 0.0560 e. The van der Waals surface area contributed by atoms with Crippen molar-refractivity contribution in [3.8, 4) is 0 Å². The highest BCUT2D eigenvalue weighted by atomic mass is 15.3. The fraction of sp³-hybridized carbons (Fsp3) is 0.684. The minimum atomic E-state index is 0.168. The van der Waals surface area contributed by atoms with Gasteiger partial charge in [-0.25, -0.2) is 0 Å². The van der Waals surface area contributed by atoms with Crippen molar-refractivity contribution in [2.45, 2.75) is 63.1 Å². The molecule has 1 N–H and O–H groups in total. The molecular weight excluding hydrogens is 256 g/mol. The average Bonchev–Trinajstić information content (AvgIpc) is 3.23. The lowest BCUT2D eigenvalue weighted by Crippen LogP contribution is -2.64. The number of hydrogen-bond acceptors (Lipinski definition) is 2. The van der Waals surface area contributed by atoms with Crippen molar-refractivity contribution >= 4 is 0 Å². The molecule has 2 atom stereocenters. The molecule has 0 radical (unpaired) electrons. The van der Waals surface area contributed by atoms with Gasteiger partial charge in [0.2, 0.25) is 0 Å². The minimum absolute atomic E-state index is 0.168. The van der Waals surface area contributed by atoms with Gasteiger partial charge in [-0.3, -0.25) is 4.90 Å². The topological polar surface area (TPSA) is 15.3 Å². The molecule has 2 unspecified atom stereocenters. The Bertz CT molecular complexity index is 476. The van der Waals surface area contributed by atoms with Gasteiger partial charge in [-0.1, -0.05) is 43.2 Å². The van der Waals surface area contributed by atoms with Crippen molar-refractivity contribution in [2.24, 2.45) is 5.92 Å². The molecule has 0 spiro atoms. The Balaban J connectivity index is 1.63. The molecule has 0 amide bonds. The van der Waals surface area contributed by atoms with E-state index < -0.39 is 0 Å². The van der Waals surface area contributed by atoms with Crippen molar-refractivity contribution in [3.05, 3.63) is 35.9 Å². The van der Waals surface area contributed by atoms with Crippen molar-refractivity contribution in [1.29, 1.82) is 0 Å². The third kappa shape index (κ3) is 2.53. The van der Waals surface area contributed by atoms with Gasteiger partial charge in [0, 0.05) is 25.2 Å². The molecule has 1 aromatic rings. The minimum Gasteiger partial charge on any atom is -0.310 e. The van der Waals surface area contributed by atoms with Crippen LogP contribution >= 0.6 is 0 Å². The molecule has 0 aromatic heterocycles. The molecule has 0 bridgehead atoms. The molecule has 1 heterocycles. The standard InChI is InChI=1S/C19H28N2/c1-19(16-7-3-2-4-8-16)14-20-18(15-11-12-15)13-21(19)17-9-5-6-10-17/h2-4,7-8,15,17-18,20H,5-6,9-14H2,1H3. The summed E-state index contributed by atoms with van der Waals surface area (Å²) in [6.07, 6.45) is 8.54. The summed E-state index contributed by atoms with van der Waals surface area (Å²) in [4.78, 5) is 2.87. The monoisotopic (exact) mass is 284 g/mol. The summed E-state index contributed by atoms with van der Waals surface area (Å²) in [5.41, 5.74) is 1.65. The predicted molar refractivity (Wildman–Crippen MR) is 87.3 cm³/mol. The third-order valence-corrected chi connectivity index (χ3v) is 6.09. The van der Waals surface area contributed by atoms with Gasteiger partial charge in [0.05, 0.1) is 5.54 Å². The maximum absolute atomic E-state index is 3.88. The molecule has 2 nitrogen and oxygen atoms in total. The van der Waals surface area contributed by atoms with E-state index in [1.54, 1.807) is 0 Å². The molecule has 1 saturated heterocycles. The molecule has 21 heavy (non-hydrogen) atoms. The zero-order valence-electron chi connectivity index (χ0n) is 13.2. The normalized spacial score (nSPS) is 35.2. The summed E-state index contributed by atoms with van der Waals surface area (Å²) in [6.45, 7) is 4.81. The Hall–Kier alpha value is -0.860. The summed E-state index contributed by atoms with van der Waals surface area (Å²) in [6, 6.07) is 12.7. The van der Waals surface area contributed by atoms with Crippen molar-refractivity contribution in [3.63, 3.8) is 0 Å². The fourth-order valence-corrected chi connectivity index (χ4v) is 4.56. The van der Waals surface area contributed by atoms with E-state index in [2.05, 4.69) is 47.5 Å². The average molecular weight is 284 g/mol. The highest BCUT2D eigenvalue weighted by molar-refractivity contribution is 5.26. The van der Waals surface area contributed by atoms with Crippen LogP contribution in [0.1, 0.15) is 51.0 Å². The van der Waals surface area contributed by atoms with Crippen LogP contribution in [0.5, 0.6) is 0 Å². The largest absolute Gasteiger partial charge is 0.310 e. The van der Waals surface area contributed by atoms with Gasteiger partial charge in [0.25, 0.3) is 0 Å². The van der Waals surface area contributed by atoms with E-state index in [0.29, 0.717) is 0 Å². The summed E-state index contributed by atoms with van der Waals surface area (Å²) in [7, 11) is 0. The van der Waals surface area contributed by atoms with E-state index in [4.69, 9.17) is 0 Å². The first-order valence-electron chi connectivity index (χ1n) is 8.83. The van der Waals surface area contributed by atoms with Gasteiger partial charge in [-0.05, 0) is 44.1 Å². The number of nitrogens with one attached hydrogen (secondary N) is 1. The second-order valence-corrected chi connectivity index (χ2v) is 7.56. The lowest BCUT2D eigenvalue weighted by molar-refractivity contribution is 0.00767. The Kier molecular flexibility index (Phi) is 3.55. The van der Waals surface area contributed by atoms with Gasteiger partial charge in [0.1, 0.15) is 0 Å². The number of piperazine rings is 1. The highest BCUT2D eigenvalue weighted by Gasteiger charge is 2.46. The van der Waals surface area contributed by atoms with Gasteiger partial charge >= 0.3 is 0 Å². The van der Waals surface area contributed by atoms with Gasteiger partial charge in [-0.15, -0.1) is 0 Å². The maximum atomic E-state index is 3.88. The van der Waals surface area contributed by atoms with E-state index in [1.807, 2.05) is 0 Å². The molecule has 2 aliphatic carbocycles. The van der Waals surface area contributed by atoms with Crippen LogP contribution in [0, 0.1) is 5.92 Å². The van der Waals surface area contributed by atoms with Crippen LogP contribution < -0.4 is 5.32 Å². The molecule has 2 heteroatoms. The number of rotatable bonds is 3. The first kappa shape index (κ1) is 13.8. The van der Waals surface area contributed by atoms with Crippen molar-refractivity contribution in [2.75, 3.05) is 13.1 Å². The predicted octanol–water partition coefficient (Wildman–Crippen LogP) is 3.53. The zero-order valence-corrected chi connectivity index (χ0v) is 13.2. The quantitative estimate of drug-likeness (QED) is 0.913. The van der Waals surface area contributed by atoms with Crippen molar-refractivity contribution in [1.82, 2.24) is 10.2 Å². The Morgan fingerprint density at radius 3 is 2.43 bits per heavy atom. The molecule has 3 aliphatic rings. The molecule has 114 valence electrons. The third-order valence-electron chi connectivity index (χ3n) is 6.09. The lowest BCUT2D eigenvalue weighted by atomic mass is 9.84. The van der Waals surface area contributed by atoms with Gasteiger partial charge < -0.3 is 5.32 Å².